The number of nitrogens with one attached hydrogen (secondary N) is 1. The van der Waals surface area contributed by atoms with Crippen LogP contribution >= 0.6 is 15.9 Å². The fourth-order valence-electron chi connectivity index (χ4n) is 4.42. The molecule has 4 rings (SSSR count). The van der Waals surface area contributed by atoms with Gasteiger partial charge >= 0.3 is 6.09 Å². The molecule has 2 unspecified atom stereocenters. The van der Waals surface area contributed by atoms with Crippen LogP contribution in [-0.4, -0.2) is 63.3 Å². The first-order chi connectivity index (χ1) is 15.7. The van der Waals surface area contributed by atoms with E-state index in [-0.39, 0.29) is 6.04 Å². The average Bonchev–Trinajstić information content (AvgIpc) is 3.13. The number of halogens is 1. The van der Waals surface area contributed by atoms with Gasteiger partial charge in [-0.15, -0.1) is 0 Å². The van der Waals surface area contributed by atoms with Crippen molar-refractivity contribution in [3.05, 3.63) is 16.7 Å². The smallest absolute Gasteiger partial charge is 0.416 e. The molecular weight excluding hydrogens is 490 g/mol. The van der Waals surface area contributed by atoms with Crippen LogP contribution < -0.4 is 10.2 Å². The maximum Gasteiger partial charge on any atom is 0.416 e. The number of hydrogen-bond donors (Lipinski definition) is 2. The summed E-state index contributed by atoms with van der Waals surface area (Å²) in [6.45, 7) is 7.47. The molecule has 2 atom stereocenters. The lowest BCUT2D eigenvalue weighted by molar-refractivity contribution is 0.0512. The van der Waals surface area contributed by atoms with Crippen LogP contribution in [0.3, 0.4) is 0 Å². The van der Waals surface area contributed by atoms with Crippen molar-refractivity contribution < 1.29 is 19.4 Å². The van der Waals surface area contributed by atoms with Gasteiger partial charge in [-0.1, -0.05) is 12.8 Å². The second-order valence-electron chi connectivity index (χ2n) is 9.98. The Labute approximate surface area is 203 Å². The van der Waals surface area contributed by atoms with Crippen LogP contribution in [0.15, 0.2) is 16.7 Å². The summed E-state index contributed by atoms with van der Waals surface area (Å²) in [6.07, 6.45) is 6.35. The molecule has 9 nitrogen and oxygen atoms in total. The van der Waals surface area contributed by atoms with Crippen molar-refractivity contribution in [3.63, 3.8) is 0 Å². The van der Waals surface area contributed by atoms with E-state index in [2.05, 4.69) is 26.3 Å². The molecule has 2 aliphatic rings. The minimum absolute atomic E-state index is 0.0753. The van der Waals surface area contributed by atoms with Crippen molar-refractivity contribution >= 4 is 39.3 Å². The van der Waals surface area contributed by atoms with Crippen molar-refractivity contribution in [1.82, 2.24) is 14.6 Å². The average molecular weight is 524 g/mol. The maximum absolute atomic E-state index is 13.4. The minimum atomic E-state index is -0.630. The molecule has 3 heterocycles. The largest absolute Gasteiger partial charge is 0.443 e. The third-order valence-corrected chi connectivity index (χ3v) is 6.70. The highest BCUT2D eigenvalue weighted by Crippen LogP contribution is 2.30. The molecule has 2 fully saturated rings. The van der Waals surface area contributed by atoms with Crippen LogP contribution in [0.25, 0.3) is 5.65 Å². The Morgan fingerprint density at radius 2 is 2.03 bits per heavy atom. The molecule has 10 heteroatoms. The van der Waals surface area contributed by atoms with Crippen LogP contribution in [-0.2, 0) is 9.47 Å². The summed E-state index contributed by atoms with van der Waals surface area (Å²) in [4.78, 5) is 19.8. The summed E-state index contributed by atoms with van der Waals surface area (Å²) in [7, 11) is 0. The number of aliphatic hydroxyl groups is 1. The maximum atomic E-state index is 13.4. The third-order valence-electron chi connectivity index (χ3n) is 6.14. The van der Waals surface area contributed by atoms with E-state index in [1.165, 1.54) is 0 Å². The van der Waals surface area contributed by atoms with E-state index in [0.29, 0.717) is 43.0 Å². The fourth-order valence-corrected chi connectivity index (χ4v) is 4.77. The van der Waals surface area contributed by atoms with Crippen molar-refractivity contribution in [3.8, 4) is 0 Å². The molecule has 182 valence electrons. The van der Waals surface area contributed by atoms with Crippen LogP contribution in [0.4, 0.5) is 16.4 Å². The Bertz CT molecular complexity index is 970. The van der Waals surface area contributed by atoms with Crippen molar-refractivity contribution in [2.45, 2.75) is 77.0 Å². The number of hydrogen-bond acceptors (Lipinski definition) is 7. The zero-order valence-electron chi connectivity index (χ0n) is 19.6. The lowest BCUT2D eigenvalue weighted by Gasteiger charge is -2.32. The van der Waals surface area contributed by atoms with E-state index in [1.807, 2.05) is 26.8 Å². The molecule has 2 aromatic heterocycles. The number of anilines is 2. The van der Waals surface area contributed by atoms with Gasteiger partial charge in [0.15, 0.2) is 5.65 Å². The second-order valence-corrected chi connectivity index (χ2v) is 10.8. The molecule has 1 saturated heterocycles. The van der Waals surface area contributed by atoms with Gasteiger partial charge < -0.3 is 19.9 Å². The molecule has 0 bridgehead atoms. The molecule has 33 heavy (non-hydrogen) atoms. The normalized spacial score (nSPS) is 22.3. The molecule has 2 N–H and O–H groups in total. The zero-order valence-corrected chi connectivity index (χ0v) is 21.2. The van der Waals surface area contributed by atoms with Crippen LogP contribution in [0.5, 0.6) is 0 Å². The predicted octanol–water partition coefficient (Wildman–Crippen LogP) is 4.38. The van der Waals surface area contributed by atoms with Gasteiger partial charge in [-0.3, -0.25) is 4.90 Å². The number of carbonyl (C=O) groups is 1. The highest BCUT2D eigenvalue weighted by molar-refractivity contribution is 9.10. The molecule has 0 radical (unpaired) electrons. The fraction of sp³-hybridized carbons (Fsp3) is 0.696. The Kier molecular flexibility index (Phi) is 7.45. The topological polar surface area (TPSA) is 101 Å². The van der Waals surface area contributed by atoms with Crippen molar-refractivity contribution in [1.29, 1.82) is 0 Å². The first kappa shape index (κ1) is 24.2. The highest BCUT2D eigenvalue weighted by Gasteiger charge is 2.30. The molecule has 0 aromatic carbocycles. The second kappa shape index (κ2) is 10.1. The first-order valence-corrected chi connectivity index (χ1v) is 12.6. The van der Waals surface area contributed by atoms with Gasteiger partial charge in [0.1, 0.15) is 17.2 Å². The molecule has 1 saturated carbocycles. The van der Waals surface area contributed by atoms with E-state index >= 15 is 0 Å². The lowest BCUT2D eigenvalue weighted by atomic mass is 9.92. The van der Waals surface area contributed by atoms with Crippen LogP contribution in [0.1, 0.15) is 59.3 Å². The standard InChI is InChI=1S/C23H34BrN5O4/c1-23(2,3)33-22(31)28(14-15-8-10-32-11-9-15)20-12-19(26-17-6-4-5-7-18(17)30)27-21-16(24)13-25-29(20)21/h12-13,15,17-18,30H,4-11,14H2,1-3H3,(H,26,27). The van der Waals surface area contributed by atoms with Crippen LogP contribution in [0.2, 0.25) is 0 Å². The monoisotopic (exact) mass is 523 g/mol. The number of nitrogens with zero attached hydrogens (tertiary/aromatic N) is 4. The Morgan fingerprint density at radius 3 is 2.73 bits per heavy atom. The number of aromatic nitrogens is 3. The number of aliphatic hydroxyl groups excluding tert-OH is 1. The number of ether oxygens (including phenoxy) is 2. The molecular formula is C23H34BrN5O4. The SMILES string of the molecule is CC(C)(C)OC(=O)N(CC1CCOCC1)c1cc(NC2CCCCC2O)nc2c(Br)cnn12. The van der Waals surface area contributed by atoms with Crippen LogP contribution in [0, 0.1) is 5.92 Å². The van der Waals surface area contributed by atoms with Gasteiger partial charge in [-0.2, -0.15) is 9.61 Å². The molecule has 2 aromatic rings. The van der Waals surface area contributed by atoms with E-state index in [0.717, 1.165) is 43.0 Å². The number of amides is 1. The van der Waals surface area contributed by atoms with Crippen molar-refractivity contribution in [2.24, 2.45) is 5.92 Å². The highest BCUT2D eigenvalue weighted by atomic mass is 79.9. The lowest BCUT2D eigenvalue weighted by Crippen LogP contribution is -2.42. The van der Waals surface area contributed by atoms with E-state index in [9.17, 15) is 9.90 Å². The zero-order chi connectivity index (χ0) is 23.6. The van der Waals surface area contributed by atoms with Gasteiger partial charge in [0.05, 0.1) is 22.8 Å². The Balaban J connectivity index is 1.72. The Hall–Kier alpha value is -1.91. The summed E-state index contributed by atoms with van der Waals surface area (Å²) in [5.74, 6) is 1.48. The summed E-state index contributed by atoms with van der Waals surface area (Å²) in [5, 5.41) is 18.3. The predicted molar refractivity (Wildman–Crippen MR) is 130 cm³/mol. The van der Waals surface area contributed by atoms with Gasteiger partial charge in [0, 0.05) is 25.8 Å². The molecule has 1 aliphatic carbocycles. The first-order valence-electron chi connectivity index (χ1n) is 11.8. The van der Waals surface area contributed by atoms with Gasteiger partial charge in [0.2, 0.25) is 0 Å². The van der Waals surface area contributed by atoms with E-state index in [4.69, 9.17) is 14.5 Å². The number of fused-ring (bicyclic) bond motifs is 1. The number of rotatable bonds is 5. The summed E-state index contributed by atoms with van der Waals surface area (Å²) in [6, 6.07) is 1.76. The molecule has 1 amide bonds. The van der Waals surface area contributed by atoms with Crippen molar-refractivity contribution in [2.75, 3.05) is 30.0 Å². The van der Waals surface area contributed by atoms with Gasteiger partial charge in [0.25, 0.3) is 0 Å². The summed E-state index contributed by atoms with van der Waals surface area (Å²) in [5.41, 5.74) is -0.0318. The third kappa shape index (κ3) is 5.96. The quantitative estimate of drug-likeness (QED) is 0.599. The summed E-state index contributed by atoms with van der Waals surface area (Å²) < 4.78 is 13.7. The van der Waals surface area contributed by atoms with E-state index < -0.39 is 17.8 Å². The number of carbonyl (C=O) groups excluding carboxylic acids is 1. The summed E-state index contributed by atoms with van der Waals surface area (Å²) >= 11 is 3.53. The molecule has 0 spiro atoms. The molecule has 1 aliphatic heterocycles. The van der Waals surface area contributed by atoms with Gasteiger partial charge in [-0.25, -0.2) is 9.78 Å². The van der Waals surface area contributed by atoms with Gasteiger partial charge in [-0.05, 0) is 68.3 Å². The minimum Gasteiger partial charge on any atom is -0.443 e. The Morgan fingerprint density at radius 1 is 1.30 bits per heavy atom. The van der Waals surface area contributed by atoms with E-state index in [1.54, 1.807) is 15.6 Å².